The van der Waals surface area contributed by atoms with E-state index in [0.717, 1.165) is 5.56 Å². The van der Waals surface area contributed by atoms with Crippen LogP contribution in [0, 0.1) is 5.92 Å². The van der Waals surface area contributed by atoms with Gasteiger partial charge in [0.1, 0.15) is 6.04 Å². The highest BCUT2D eigenvalue weighted by molar-refractivity contribution is 6.30. The van der Waals surface area contributed by atoms with Crippen molar-refractivity contribution in [3.05, 3.63) is 34.9 Å². The molecule has 1 rings (SSSR count). The molecule has 0 radical (unpaired) electrons. The highest BCUT2D eigenvalue weighted by atomic mass is 35.5. The fourth-order valence-corrected chi connectivity index (χ4v) is 1.79. The number of carbonyl (C=O) groups excluding carboxylic acids is 1. The van der Waals surface area contributed by atoms with E-state index in [4.69, 9.17) is 16.7 Å². The molecule has 110 valence electrons. The first-order valence-electron chi connectivity index (χ1n) is 6.45. The van der Waals surface area contributed by atoms with Gasteiger partial charge >= 0.3 is 12.0 Å². The van der Waals surface area contributed by atoms with Crippen LogP contribution in [0.2, 0.25) is 5.02 Å². The van der Waals surface area contributed by atoms with E-state index in [1.165, 1.54) is 0 Å². The van der Waals surface area contributed by atoms with Crippen molar-refractivity contribution in [3.63, 3.8) is 0 Å². The van der Waals surface area contributed by atoms with Crippen LogP contribution in [0.3, 0.4) is 0 Å². The SMILES string of the molecule is CC[C@H](C)[C@H](NC(=O)NCc1ccc(Cl)cc1)C(=O)O. The van der Waals surface area contributed by atoms with E-state index >= 15 is 0 Å². The van der Waals surface area contributed by atoms with Crippen LogP contribution in [0.4, 0.5) is 4.79 Å². The van der Waals surface area contributed by atoms with Crippen LogP contribution in [-0.2, 0) is 11.3 Å². The molecule has 0 spiro atoms. The molecule has 0 aromatic heterocycles. The molecule has 0 aliphatic heterocycles. The van der Waals surface area contributed by atoms with E-state index in [1.807, 2.05) is 6.92 Å². The largest absolute Gasteiger partial charge is 0.480 e. The summed E-state index contributed by atoms with van der Waals surface area (Å²) in [5.74, 6) is -1.16. The lowest BCUT2D eigenvalue weighted by molar-refractivity contribution is -0.140. The van der Waals surface area contributed by atoms with Gasteiger partial charge in [-0.25, -0.2) is 9.59 Å². The van der Waals surface area contributed by atoms with E-state index in [0.29, 0.717) is 18.0 Å². The van der Waals surface area contributed by atoms with Gasteiger partial charge in [-0.05, 0) is 23.6 Å². The first kappa shape index (κ1) is 16.3. The Kier molecular flexibility index (Phi) is 6.31. The molecular weight excluding hydrogens is 280 g/mol. The Morgan fingerprint density at radius 1 is 1.30 bits per heavy atom. The number of hydrogen-bond donors (Lipinski definition) is 3. The van der Waals surface area contributed by atoms with Gasteiger partial charge in [0.15, 0.2) is 0 Å². The summed E-state index contributed by atoms with van der Waals surface area (Å²) in [6.45, 7) is 3.99. The van der Waals surface area contributed by atoms with Crippen LogP contribution in [0.1, 0.15) is 25.8 Å². The highest BCUT2D eigenvalue weighted by Gasteiger charge is 2.24. The predicted molar refractivity (Wildman–Crippen MR) is 77.7 cm³/mol. The minimum Gasteiger partial charge on any atom is -0.480 e. The van der Waals surface area contributed by atoms with Gasteiger partial charge in [0.2, 0.25) is 0 Å². The summed E-state index contributed by atoms with van der Waals surface area (Å²) in [6, 6.07) is 5.68. The third-order valence-corrected chi connectivity index (χ3v) is 3.38. The van der Waals surface area contributed by atoms with Crippen molar-refractivity contribution in [2.45, 2.75) is 32.9 Å². The number of rotatable bonds is 6. The number of amides is 2. The highest BCUT2D eigenvalue weighted by Crippen LogP contribution is 2.10. The molecule has 2 amide bonds. The zero-order valence-electron chi connectivity index (χ0n) is 11.5. The molecule has 0 saturated carbocycles. The molecule has 0 aliphatic carbocycles. The second-order valence-corrected chi connectivity index (χ2v) is 5.09. The summed E-state index contributed by atoms with van der Waals surface area (Å²) >= 11 is 5.76. The first-order valence-corrected chi connectivity index (χ1v) is 6.83. The van der Waals surface area contributed by atoms with Crippen molar-refractivity contribution in [3.8, 4) is 0 Å². The lowest BCUT2D eigenvalue weighted by Gasteiger charge is -2.20. The maximum absolute atomic E-state index is 11.7. The fraction of sp³-hybridized carbons (Fsp3) is 0.429. The molecule has 0 unspecified atom stereocenters. The van der Waals surface area contributed by atoms with Crippen LogP contribution < -0.4 is 10.6 Å². The summed E-state index contributed by atoms with van der Waals surface area (Å²) in [7, 11) is 0. The van der Waals surface area contributed by atoms with Gasteiger partial charge < -0.3 is 15.7 Å². The zero-order chi connectivity index (χ0) is 15.1. The summed E-state index contributed by atoms with van der Waals surface area (Å²) in [5, 5.41) is 14.8. The van der Waals surface area contributed by atoms with Gasteiger partial charge in [0, 0.05) is 11.6 Å². The van der Waals surface area contributed by atoms with Crippen molar-refractivity contribution < 1.29 is 14.7 Å². The van der Waals surface area contributed by atoms with Crippen LogP contribution in [0.15, 0.2) is 24.3 Å². The zero-order valence-corrected chi connectivity index (χ0v) is 12.3. The Bertz CT molecular complexity index is 462. The second-order valence-electron chi connectivity index (χ2n) is 4.65. The minimum absolute atomic E-state index is 0.131. The Morgan fingerprint density at radius 3 is 2.40 bits per heavy atom. The summed E-state index contributed by atoms with van der Waals surface area (Å²) < 4.78 is 0. The van der Waals surface area contributed by atoms with E-state index in [2.05, 4.69) is 10.6 Å². The van der Waals surface area contributed by atoms with Crippen molar-refractivity contribution in [1.29, 1.82) is 0 Å². The number of urea groups is 1. The lowest BCUT2D eigenvalue weighted by atomic mass is 9.99. The monoisotopic (exact) mass is 298 g/mol. The molecule has 2 atom stereocenters. The second kappa shape index (κ2) is 7.75. The van der Waals surface area contributed by atoms with Crippen LogP contribution >= 0.6 is 11.6 Å². The van der Waals surface area contributed by atoms with E-state index in [1.54, 1.807) is 31.2 Å². The molecule has 20 heavy (non-hydrogen) atoms. The number of carbonyl (C=O) groups is 2. The molecule has 5 nitrogen and oxygen atoms in total. The topological polar surface area (TPSA) is 78.4 Å². The van der Waals surface area contributed by atoms with Crippen LogP contribution in [-0.4, -0.2) is 23.1 Å². The van der Waals surface area contributed by atoms with Crippen molar-refractivity contribution in [2.75, 3.05) is 0 Å². The summed E-state index contributed by atoms with van der Waals surface area (Å²) in [5.41, 5.74) is 0.889. The Balaban J connectivity index is 2.49. The number of hydrogen-bond acceptors (Lipinski definition) is 2. The summed E-state index contributed by atoms with van der Waals surface area (Å²) in [4.78, 5) is 22.8. The van der Waals surface area contributed by atoms with Gasteiger partial charge in [-0.15, -0.1) is 0 Å². The van der Waals surface area contributed by atoms with Gasteiger partial charge in [0.25, 0.3) is 0 Å². The maximum atomic E-state index is 11.7. The molecule has 3 N–H and O–H groups in total. The van der Waals surface area contributed by atoms with Crippen molar-refractivity contribution in [2.24, 2.45) is 5.92 Å². The molecule has 0 bridgehead atoms. The van der Waals surface area contributed by atoms with Crippen molar-refractivity contribution in [1.82, 2.24) is 10.6 Å². The Hall–Kier alpha value is -1.75. The van der Waals surface area contributed by atoms with Crippen LogP contribution in [0.25, 0.3) is 0 Å². The fourth-order valence-electron chi connectivity index (χ4n) is 1.66. The van der Waals surface area contributed by atoms with E-state index in [-0.39, 0.29) is 5.92 Å². The first-order chi connectivity index (χ1) is 9.43. The number of halogens is 1. The smallest absolute Gasteiger partial charge is 0.326 e. The van der Waals surface area contributed by atoms with Gasteiger partial charge in [-0.1, -0.05) is 44.0 Å². The average Bonchev–Trinajstić information content (AvgIpc) is 2.43. The van der Waals surface area contributed by atoms with Gasteiger partial charge in [-0.2, -0.15) is 0 Å². The van der Waals surface area contributed by atoms with Gasteiger partial charge in [-0.3, -0.25) is 0 Å². The normalized spacial score (nSPS) is 13.3. The molecule has 1 aromatic carbocycles. The lowest BCUT2D eigenvalue weighted by Crippen LogP contribution is -2.48. The van der Waals surface area contributed by atoms with Crippen molar-refractivity contribution >= 4 is 23.6 Å². The third-order valence-electron chi connectivity index (χ3n) is 3.13. The standard InChI is InChI=1S/C14H19ClN2O3/c1-3-9(2)12(13(18)19)17-14(20)16-8-10-4-6-11(15)7-5-10/h4-7,9,12H,3,8H2,1-2H3,(H,18,19)(H2,16,17,20)/t9-,12-/m0/s1. The molecule has 0 aliphatic rings. The number of carboxylic acid groups (broad SMARTS) is 1. The number of aliphatic carboxylic acids is 1. The average molecular weight is 299 g/mol. The maximum Gasteiger partial charge on any atom is 0.326 e. The molecular formula is C14H19ClN2O3. The number of nitrogens with one attached hydrogen (secondary N) is 2. The summed E-state index contributed by atoms with van der Waals surface area (Å²) in [6.07, 6.45) is 0.675. The Labute approximate surface area is 123 Å². The molecule has 0 heterocycles. The third kappa shape index (κ3) is 5.09. The van der Waals surface area contributed by atoms with Crippen LogP contribution in [0.5, 0.6) is 0 Å². The predicted octanol–water partition coefficient (Wildman–Crippen LogP) is 2.64. The molecule has 6 heteroatoms. The number of carboxylic acids is 1. The molecule has 1 aromatic rings. The number of benzene rings is 1. The molecule has 0 saturated heterocycles. The minimum atomic E-state index is -1.03. The molecule has 0 fully saturated rings. The quantitative estimate of drug-likeness (QED) is 0.755. The van der Waals surface area contributed by atoms with E-state index < -0.39 is 18.0 Å². The van der Waals surface area contributed by atoms with E-state index in [9.17, 15) is 9.59 Å². The Morgan fingerprint density at radius 2 is 1.90 bits per heavy atom. The van der Waals surface area contributed by atoms with Gasteiger partial charge in [0.05, 0.1) is 0 Å².